The van der Waals surface area contributed by atoms with E-state index >= 15 is 0 Å². The van der Waals surface area contributed by atoms with Crippen LogP contribution in [0.1, 0.15) is 50.8 Å². The van der Waals surface area contributed by atoms with Gasteiger partial charge in [-0.2, -0.15) is 0 Å². The van der Waals surface area contributed by atoms with E-state index in [9.17, 15) is 5.11 Å². The molecule has 0 bridgehead atoms. The average Bonchev–Trinajstić information content (AvgIpc) is 2.99. The van der Waals surface area contributed by atoms with Crippen molar-refractivity contribution in [3.05, 3.63) is 10.0 Å². The standard InChI is InChI=1S/C14H23ClN2OS/c1-10(2)7-8-17(11-5-3-4-6-11)14-16-13(15)12(9-18)19-14/h10-11,18H,3-9H2,1-2H3. The monoisotopic (exact) mass is 302 g/mol. The van der Waals surface area contributed by atoms with E-state index < -0.39 is 0 Å². The van der Waals surface area contributed by atoms with Crippen LogP contribution in [-0.2, 0) is 6.61 Å². The van der Waals surface area contributed by atoms with Gasteiger partial charge in [0.1, 0.15) is 5.15 Å². The second kappa shape index (κ2) is 6.91. The lowest BCUT2D eigenvalue weighted by molar-refractivity contribution is 0.285. The molecule has 0 spiro atoms. The molecule has 0 aliphatic heterocycles. The van der Waals surface area contributed by atoms with Crippen LogP contribution in [-0.4, -0.2) is 22.7 Å². The summed E-state index contributed by atoms with van der Waals surface area (Å²) in [5.41, 5.74) is 0. The molecule has 3 nitrogen and oxygen atoms in total. The predicted molar refractivity (Wildman–Crippen MR) is 82.1 cm³/mol. The number of aromatic nitrogens is 1. The second-order valence-electron chi connectivity index (χ2n) is 5.68. The number of anilines is 1. The molecule has 1 N–H and O–H groups in total. The minimum atomic E-state index is -0.0147. The lowest BCUT2D eigenvalue weighted by atomic mass is 10.1. The maximum absolute atomic E-state index is 9.26. The molecule has 0 aromatic carbocycles. The molecule has 1 aromatic rings. The number of halogens is 1. The maximum atomic E-state index is 9.26. The Hall–Kier alpha value is -0.320. The van der Waals surface area contributed by atoms with Gasteiger partial charge in [0, 0.05) is 12.6 Å². The summed E-state index contributed by atoms with van der Waals surface area (Å²) in [7, 11) is 0. The molecular formula is C14H23ClN2OS. The van der Waals surface area contributed by atoms with Gasteiger partial charge in [-0.3, -0.25) is 0 Å². The largest absolute Gasteiger partial charge is 0.391 e. The van der Waals surface area contributed by atoms with Gasteiger partial charge in [0.15, 0.2) is 5.13 Å². The molecule has 1 fully saturated rings. The minimum Gasteiger partial charge on any atom is -0.391 e. The van der Waals surface area contributed by atoms with Crippen molar-refractivity contribution in [3.63, 3.8) is 0 Å². The first-order valence-electron chi connectivity index (χ1n) is 7.14. The summed E-state index contributed by atoms with van der Waals surface area (Å²) in [6.45, 7) is 5.53. The zero-order chi connectivity index (χ0) is 13.8. The summed E-state index contributed by atoms with van der Waals surface area (Å²) in [5, 5.41) is 10.7. The zero-order valence-corrected chi connectivity index (χ0v) is 13.3. The van der Waals surface area contributed by atoms with Crippen LogP contribution in [0.25, 0.3) is 0 Å². The zero-order valence-electron chi connectivity index (χ0n) is 11.7. The molecule has 2 rings (SSSR count). The van der Waals surface area contributed by atoms with Crippen LogP contribution in [0, 0.1) is 5.92 Å². The summed E-state index contributed by atoms with van der Waals surface area (Å²) < 4.78 is 0. The Balaban J connectivity index is 2.14. The Morgan fingerprint density at radius 2 is 2.11 bits per heavy atom. The molecule has 0 atom stereocenters. The van der Waals surface area contributed by atoms with E-state index in [1.807, 2.05) is 0 Å². The maximum Gasteiger partial charge on any atom is 0.187 e. The van der Waals surface area contributed by atoms with Crippen LogP contribution < -0.4 is 4.90 Å². The lowest BCUT2D eigenvalue weighted by Crippen LogP contribution is -2.34. The molecule has 5 heteroatoms. The van der Waals surface area contributed by atoms with Crippen LogP contribution in [0.4, 0.5) is 5.13 Å². The van der Waals surface area contributed by atoms with Gasteiger partial charge in [-0.05, 0) is 25.2 Å². The van der Waals surface area contributed by atoms with Crippen molar-refractivity contribution in [2.45, 2.75) is 58.6 Å². The Morgan fingerprint density at radius 1 is 1.42 bits per heavy atom. The van der Waals surface area contributed by atoms with Crippen molar-refractivity contribution in [1.82, 2.24) is 4.98 Å². The number of nitrogens with zero attached hydrogens (tertiary/aromatic N) is 2. The molecule has 0 unspecified atom stereocenters. The summed E-state index contributed by atoms with van der Waals surface area (Å²) in [5.74, 6) is 0.691. The predicted octanol–water partition coefficient (Wildman–Crippen LogP) is 4.08. The van der Waals surface area contributed by atoms with Gasteiger partial charge in [0.2, 0.25) is 0 Å². The van der Waals surface area contributed by atoms with Crippen LogP contribution in [0.3, 0.4) is 0 Å². The van der Waals surface area contributed by atoms with Gasteiger partial charge < -0.3 is 10.0 Å². The highest BCUT2D eigenvalue weighted by atomic mass is 35.5. The summed E-state index contributed by atoms with van der Waals surface area (Å²) in [6, 6.07) is 0.604. The Kier molecular flexibility index (Phi) is 5.48. The van der Waals surface area contributed by atoms with Crippen molar-refractivity contribution in [2.75, 3.05) is 11.4 Å². The third-order valence-corrected chi connectivity index (χ3v) is 5.24. The number of aliphatic hydroxyl groups excluding tert-OH is 1. The van der Waals surface area contributed by atoms with Crippen LogP contribution in [0.2, 0.25) is 5.15 Å². The fourth-order valence-electron chi connectivity index (χ4n) is 2.59. The van der Waals surface area contributed by atoms with E-state index in [1.54, 1.807) is 0 Å². The van der Waals surface area contributed by atoms with E-state index in [-0.39, 0.29) is 6.61 Å². The molecule has 19 heavy (non-hydrogen) atoms. The van der Waals surface area contributed by atoms with Gasteiger partial charge in [-0.25, -0.2) is 4.98 Å². The van der Waals surface area contributed by atoms with Gasteiger partial charge in [-0.15, -0.1) is 0 Å². The second-order valence-corrected chi connectivity index (χ2v) is 7.10. The Bertz CT molecular complexity index is 402. The van der Waals surface area contributed by atoms with Crippen LogP contribution in [0.15, 0.2) is 0 Å². The number of aliphatic hydroxyl groups is 1. The number of hydrogen-bond acceptors (Lipinski definition) is 4. The Morgan fingerprint density at radius 3 is 2.63 bits per heavy atom. The van der Waals surface area contributed by atoms with E-state index in [0.29, 0.717) is 17.1 Å². The minimum absolute atomic E-state index is 0.0147. The summed E-state index contributed by atoms with van der Waals surface area (Å²) in [6.07, 6.45) is 6.30. The fourth-order valence-corrected chi connectivity index (χ4v) is 3.80. The van der Waals surface area contributed by atoms with Gasteiger partial charge in [-0.1, -0.05) is 49.6 Å². The van der Waals surface area contributed by atoms with E-state index in [2.05, 4.69) is 23.7 Å². The van der Waals surface area contributed by atoms with Crippen LogP contribution in [0.5, 0.6) is 0 Å². The van der Waals surface area contributed by atoms with Crippen molar-refractivity contribution >= 4 is 28.1 Å². The molecule has 1 aliphatic carbocycles. The van der Waals surface area contributed by atoms with Crippen molar-refractivity contribution < 1.29 is 5.11 Å². The van der Waals surface area contributed by atoms with E-state index in [4.69, 9.17) is 11.6 Å². The fraction of sp³-hybridized carbons (Fsp3) is 0.786. The molecule has 0 radical (unpaired) electrons. The molecule has 1 saturated carbocycles. The van der Waals surface area contributed by atoms with Crippen molar-refractivity contribution in [1.29, 1.82) is 0 Å². The molecule has 1 aliphatic rings. The highest BCUT2D eigenvalue weighted by Crippen LogP contribution is 2.34. The lowest BCUT2D eigenvalue weighted by Gasteiger charge is -2.29. The SMILES string of the molecule is CC(C)CCN(c1nc(Cl)c(CO)s1)C1CCCC1. The van der Waals surface area contributed by atoms with Gasteiger partial charge in [0.05, 0.1) is 11.5 Å². The third kappa shape index (κ3) is 3.83. The van der Waals surface area contributed by atoms with E-state index in [1.165, 1.54) is 43.4 Å². The van der Waals surface area contributed by atoms with Gasteiger partial charge in [0.25, 0.3) is 0 Å². The number of thiazole rings is 1. The molecule has 108 valence electrons. The van der Waals surface area contributed by atoms with Crippen molar-refractivity contribution in [2.24, 2.45) is 5.92 Å². The number of rotatable bonds is 6. The van der Waals surface area contributed by atoms with Crippen LogP contribution >= 0.6 is 22.9 Å². The molecule has 1 heterocycles. The Labute approximate surface area is 124 Å². The van der Waals surface area contributed by atoms with Crippen molar-refractivity contribution in [3.8, 4) is 0 Å². The average molecular weight is 303 g/mol. The molecule has 0 saturated heterocycles. The normalized spacial score (nSPS) is 16.5. The third-order valence-electron chi connectivity index (χ3n) is 3.74. The summed E-state index contributed by atoms with van der Waals surface area (Å²) in [4.78, 5) is 7.66. The molecular weight excluding hydrogens is 280 g/mol. The summed E-state index contributed by atoms with van der Waals surface area (Å²) >= 11 is 7.61. The smallest absolute Gasteiger partial charge is 0.187 e. The highest BCUT2D eigenvalue weighted by Gasteiger charge is 2.25. The number of hydrogen-bond donors (Lipinski definition) is 1. The van der Waals surface area contributed by atoms with E-state index in [0.717, 1.165) is 16.6 Å². The quantitative estimate of drug-likeness (QED) is 0.860. The first-order valence-corrected chi connectivity index (χ1v) is 8.34. The first kappa shape index (κ1) is 15.1. The highest BCUT2D eigenvalue weighted by molar-refractivity contribution is 7.16. The molecule has 1 aromatic heterocycles. The first-order chi connectivity index (χ1) is 9.11. The molecule has 0 amide bonds. The topological polar surface area (TPSA) is 36.4 Å². The van der Waals surface area contributed by atoms with Gasteiger partial charge >= 0.3 is 0 Å².